The highest BCUT2D eigenvalue weighted by Crippen LogP contribution is 2.56. The molecule has 2 rings (SSSR count). The summed E-state index contributed by atoms with van der Waals surface area (Å²) in [5.41, 5.74) is 4.89. The average molecular weight is 340 g/mol. The van der Waals surface area contributed by atoms with Crippen LogP contribution in [0.3, 0.4) is 0 Å². The number of nitrogens with two attached hydrogens (primary N) is 1. The molecule has 23 heavy (non-hydrogen) atoms. The standard InChI is InChI=1S/C16H25N2O4P/c1-2-22-13-7-9-14(10-8-13)23(21)15(12-16(17)19)6-4-3-5-11-18(23)20/h7-10,15,20H,2-6,11-12H2,1H3,(H2,17,19). The average Bonchev–Trinajstić information content (AvgIpc) is 2.52. The van der Waals surface area contributed by atoms with E-state index in [1.165, 1.54) is 0 Å². The minimum atomic E-state index is -3.30. The van der Waals surface area contributed by atoms with E-state index in [0.717, 1.165) is 24.1 Å². The van der Waals surface area contributed by atoms with Gasteiger partial charge in [0.25, 0.3) is 0 Å². The first-order valence-electron chi connectivity index (χ1n) is 8.06. The van der Waals surface area contributed by atoms with Crippen LogP contribution in [0.2, 0.25) is 0 Å². The highest BCUT2D eigenvalue weighted by Gasteiger charge is 2.41. The van der Waals surface area contributed by atoms with Crippen molar-refractivity contribution in [2.75, 3.05) is 13.2 Å². The molecule has 128 valence electrons. The van der Waals surface area contributed by atoms with Gasteiger partial charge in [0, 0.05) is 23.9 Å². The maximum absolute atomic E-state index is 13.7. The second-order valence-electron chi connectivity index (χ2n) is 5.82. The van der Waals surface area contributed by atoms with E-state index in [1.54, 1.807) is 24.3 Å². The van der Waals surface area contributed by atoms with Gasteiger partial charge in [0.05, 0.1) is 6.61 Å². The molecule has 0 saturated carbocycles. The maximum atomic E-state index is 13.7. The first-order valence-corrected chi connectivity index (χ1v) is 9.79. The zero-order valence-electron chi connectivity index (χ0n) is 13.5. The van der Waals surface area contributed by atoms with Crippen LogP contribution in [0.25, 0.3) is 0 Å². The summed E-state index contributed by atoms with van der Waals surface area (Å²) in [7, 11) is -3.30. The van der Waals surface area contributed by atoms with Crippen molar-refractivity contribution in [3.8, 4) is 5.75 Å². The van der Waals surface area contributed by atoms with Gasteiger partial charge in [0.1, 0.15) is 5.75 Å². The molecule has 6 nitrogen and oxygen atoms in total. The quantitative estimate of drug-likeness (QED) is 0.803. The Morgan fingerprint density at radius 1 is 1.35 bits per heavy atom. The molecule has 1 heterocycles. The number of rotatable bonds is 5. The van der Waals surface area contributed by atoms with E-state index in [4.69, 9.17) is 10.5 Å². The Morgan fingerprint density at radius 2 is 2.04 bits per heavy atom. The molecule has 1 aromatic carbocycles. The molecule has 7 heteroatoms. The SMILES string of the molecule is CCOc1ccc(P2(=O)C(CC(N)=O)CCCCCN2O)cc1. The molecule has 1 aliphatic rings. The first-order chi connectivity index (χ1) is 11.0. The molecule has 0 aliphatic carbocycles. The van der Waals surface area contributed by atoms with Gasteiger partial charge in [-0.3, -0.25) is 9.36 Å². The fraction of sp³-hybridized carbons (Fsp3) is 0.562. The van der Waals surface area contributed by atoms with E-state index in [0.29, 0.717) is 30.6 Å². The molecule has 0 radical (unpaired) electrons. The fourth-order valence-electron chi connectivity index (χ4n) is 3.05. The summed E-state index contributed by atoms with van der Waals surface area (Å²) in [6.07, 6.45) is 3.23. The van der Waals surface area contributed by atoms with Crippen LogP contribution in [-0.2, 0) is 9.36 Å². The van der Waals surface area contributed by atoms with Crippen molar-refractivity contribution in [1.29, 1.82) is 0 Å². The Kier molecular flexibility index (Phi) is 6.22. The third-order valence-corrected chi connectivity index (χ3v) is 7.54. The second-order valence-corrected chi connectivity index (χ2v) is 8.77. The van der Waals surface area contributed by atoms with Crippen LogP contribution >= 0.6 is 7.29 Å². The molecule has 0 bridgehead atoms. The number of carbonyl (C=O) groups excluding carboxylic acids is 1. The largest absolute Gasteiger partial charge is 0.494 e. The van der Waals surface area contributed by atoms with Crippen molar-refractivity contribution >= 4 is 18.5 Å². The lowest BCUT2D eigenvalue weighted by Gasteiger charge is -2.35. The van der Waals surface area contributed by atoms with E-state index >= 15 is 0 Å². The minimum absolute atomic E-state index is 0.0154. The summed E-state index contributed by atoms with van der Waals surface area (Å²) >= 11 is 0. The Bertz CT molecular complexity index is 576. The number of carbonyl (C=O) groups is 1. The van der Waals surface area contributed by atoms with Crippen molar-refractivity contribution in [3.05, 3.63) is 24.3 Å². The van der Waals surface area contributed by atoms with Crippen molar-refractivity contribution in [2.45, 2.75) is 44.7 Å². The number of nitrogens with zero attached hydrogens (tertiary/aromatic N) is 1. The van der Waals surface area contributed by atoms with E-state index in [9.17, 15) is 14.6 Å². The Labute approximate surface area is 137 Å². The predicted molar refractivity (Wildman–Crippen MR) is 89.4 cm³/mol. The van der Waals surface area contributed by atoms with Crippen LogP contribution in [0.5, 0.6) is 5.75 Å². The van der Waals surface area contributed by atoms with Gasteiger partial charge in [0.2, 0.25) is 13.2 Å². The molecule has 0 aromatic heterocycles. The fourth-order valence-corrected chi connectivity index (χ4v) is 6.09. The molecule has 3 N–H and O–H groups in total. The van der Waals surface area contributed by atoms with Gasteiger partial charge in [-0.05, 0) is 44.0 Å². The van der Waals surface area contributed by atoms with Crippen LogP contribution in [0.15, 0.2) is 24.3 Å². The van der Waals surface area contributed by atoms with Gasteiger partial charge in [-0.1, -0.05) is 12.8 Å². The third kappa shape index (κ3) is 4.14. The monoisotopic (exact) mass is 340 g/mol. The van der Waals surface area contributed by atoms with Gasteiger partial charge in [0.15, 0.2) is 0 Å². The lowest BCUT2D eigenvalue weighted by molar-refractivity contribution is -0.118. The Balaban J connectivity index is 2.39. The number of hydroxylamine groups is 1. The minimum Gasteiger partial charge on any atom is -0.494 e. The summed E-state index contributed by atoms with van der Waals surface area (Å²) in [4.78, 5) is 12.4. The Hall–Kier alpha value is -1.36. The van der Waals surface area contributed by atoms with E-state index in [-0.39, 0.29) is 6.42 Å². The van der Waals surface area contributed by atoms with Gasteiger partial charge >= 0.3 is 0 Å². The summed E-state index contributed by atoms with van der Waals surface area (Å²) in [5.74, 6) is 0.195. The van der Waals surface area contributed by atoms with Crippen molar-refractivity contribution < 1.29 is 19.3 Å². The van der Waals surface area contributed by atoms with Crippen molar-refractivity contribution in [1.82, 2.24) is 4.83 Å². The maximum Gasteiger partial charge on any atom is 0.218 e. The molecule has 2 atom stereocenters. The summed E-state index contributed by atoms with van der Waals surface area (Å²) < 4.78 is 19.1. The number of hydrogen-bond acceptors (Lipinski definition) is 4. The van der Waals surface area contributed by atoms with Crippen LogP contribution in [-0.4, -0.2) is 34.8 Å². The number of hydrogen-bond donors (Lipinski definition) is 2. The molecule has 1 amide bonds. The van der Waals surface area contributed by atoms with Crippen LogP contribution < -0.4 is 15.8 Å². The van der Waals surface area contributed by atoms with Crippen LogP contribution in [0.1, 0.15) is 39.0 Å². The van der Waals surface area contributed by atoms with E-state index < -0.39 is 18.9 Å². The van der Waals surface area contributed by atoms with Gasteiger partial charge < -0.3 is 15.7 Å². The molecular formula is C16H25N2O4P. The highest BCUT2D eigenvalue weighted by molar-refractivity contribution is 7.69. The van der Waals surface area contributed by atoms with Crippen LogP contribution in [0, 0.1) is 0 Å². The summed E-state index contributed by atoms with van der Waals surface area (Å²) in [5, 5.41) is 11.0. The highest BCUT2D eigenvalue weighted by atomic mass is 31.2. The molecule has 0 spiro atoms. The number of amides is 1. The number of ether oxygens (including phenoxy) is 1. The van der Waals surface area contributed by atoms with E-state index in [1.807, 2.05) is 6.92 Å². The lowest BCUT2D eigenvalue weighted by atomic mass is 10.1. The topological polar surface area (TPSA) is 92.9 Å². The first kappa shape index (κ1) is 18.0. The second kappa shape index (κ2) is 7.95. The zero-order chi connectivity index (χ0) is 16.9. The van der Waals surface area contributed by atoms with Gasteiger partial charge in [-0.15, -0.1) is 4.83 Å². The van der Waals surface area contributed by atoms with Gasteiger partial charge in [-0.25, -0.2) is 0 Å². The van der Waals surface area contributed by atoms with Crippen molar-refractivity contribution in [2.24, 2.45) is 5.73 Å². The van der Waals surface area contributed by atoms with E-state index in [2.05, 4.69) is 0 Å². The summed E-state index contributed by atoms with van der Waals surface area (Å²) in [6.45, 7) is 2.77. The molecule has 1 aromatic rings. The van der Waals surface area contributed by atoms with Gasteiger partial charge in [-0.2, -0.15) is 0 Å². The molecule has 1 saturated heterocycles. The molecule has 1 aliphatic heterocycles. The Morgan fingerprint density at radius 3 is 2.65 bits per heavy atom. The number of primary amides is 1. The molecule has 2 unspecified atom stereocenters. The third-order valence-electron chi connectivity index (χ3n) is 4.19. The van der Waals surface area contributed by atoms with Crippen molar-refractivity contribution in [3.63, 3.8) is 0 Å². The molecule has 1 fully saturated rings. The normalized spacial score (nSPS) is 26.3. The smallest absolute Gasteiger partial charge is 0.218 e. The lowest BCUT2D eigenvalue weighted by Crippen LogP contribution is -2.34. The van der Waals surface area contributed by atoms with Crippen LogP contribution in [0.4, 0.5) is 0 Å². The predicted octanol–water partition coefficient (Wildman–Crippen LogP) is 2.50. The molecular weight excluding hydrogens is 315 g/mol. The number of benzene rings is 1. The summed E-state index contributed by atoms with van der Waals surface area (Å²) in [6, 6.07) is 6.91. The zero-order valence-corrected chi connectivity index (χ0v) is 14.4.